The Morgan fingerprint density at radius 2 is 2.16 bits per heavy atom. The highest BCUT2D eigenvalue weighted by atomic mass is 32.2. The smallest absolute Gasteiger partial charge is 0.241 e. The number of aryl methyl sites for hydroxylation is 1. The standard InChI is InChI=1S/C12H17FN2O3S/c1-8-5-9(13)10(14)6-11(8)19(16,17)15-12(2)3-4-18-7-12/h5-6,15H,3-4,7,14H2,1-2H3. The van der Waals surface area contributed by atoms with Crippen LogP contribution in [0.5, 0.6) is 0 Å². The Bertz CT molecular complexity index is 595. The Kier molecular flexibility index (Phi) is 3.55. The molecule has 0 saturated carbocycles. The van der Waals surface area contributed by atoms with Crippen LogP contribution in [0.1, 0.15) is 18.9 Å². The summed E-state index contributed by atoms with van der Waals surface area (Å²) in [4.78, 5) is -0.000440. The molecule has 0 aromatic heterocycles. The van der Waals surface area contributed by atoms with Crippen molar-refractivity contribution in [2.45, 2.75) is 30.7 Å². The Balaban J connectivity index is 2.37. The largest absolute Gasteiger partial charge is 0.396 e. The van der Waals surface area contributed by atoms with Gasteiger partial charge in [-0.3, -0.25) is 0 Å². The molecule has 7 heteroatoms. The second-order valence-corrected chi connectivity index (χ2v) is 6.76. The van der Waals surface area contributed by atoms with E-state index in [9.17, 15) is 12.8 Å². The van der Waals surface area contributed by atoms with Gasteiger partial charge in [0.05, 0.1) is 22.7 Å². The molecule has 3 N–H and O–H groups in total. The minimum absolute atomic E-state index is 0.000440. The molecule has 1 aliphatic heterocycles. The molecule has 106 valence electrons. The number of benzene rings is 1. The molecule has 1 saturated heterocycles. The van der Waals surface area contributed by atoms with Gasteiger partial charge in [0.1, 0.15) is 5.82 Å². The molecule has 1 fully saturated rings. The monoisotopic (exact) mass is 288 g/mol. The minimum atomic E-state index is -3.75. The van der Waals surface area contributed by atoms with Crippen LogP contribution in [0.15, 0.2) is 17.0 Å². The molecule has 19 heavy (non-hydrogen) atoms. The summed E-state index contributed by atoms with van der Waals surface area (Å²) >= 11 is 0. The van der Waals surface area contributed by atoms with Crippen LogP contribution in [0, 0.1) is 12.7 Å². The fourth-order valence-electron chi connectivity index (χ4n) is 2.08. The Labute approximate surface area is 112 Å². The number of sulfonamides is 1. The third kappa shape index (κ3) is 2.88. The lowest BCUT2D eigenvalue weighted by Crippen LogP contribution is -2.46. The normalized spacial score (nSPS) is 23.7. The van der Waals surface area contributed by atoms with E-state index in [1.807, 2.05) is 0 Å². The zero-order chi connectivity index (χ0) is 14.3. The summed E-state index contributed by atoms with van der Waals surface area (Å²) in [5, 5.41) is 0. The number of ether oxygens (including phenoxy) is 1. The van der Waals surface area contributed by atoms with Crippen molar-refractivity contribution in [2.75, 3.05) is 18.9 Å². The maximum absolute atomic E-state index is 13.3. The quantitative estimate of drug-likeness (QED) is 0.818. The van der Waals surface area contributed by atoms with Gasteiger partial charge in [0.25, 0.3) is 0 Å². The maximum Gasteiger partial charge on any atom is 0.241 e. The van der Waals surface area contributed by atoms with Gasteiger partial charge in [-0.15, -0.1) is 0 Å². The summed E-state index contributed by atoms with van der Waals surface area (Å²) in [6, 6.07) is 2.27. The summed E-state index contributed by atoms with van der Waals surface area (Å²) in [5.74, 6) is -0.619. The van der Waals surface area contributed by atoms with Crippen molar-refractivity contribution in [3.05, 3.63) is 23.5 Å². The molecule has 0 amide bonds. The van der Waals surface area contributed by atoms with E-state index in [0.29, 0.717) is 25.2 Å². The predicted molar refractivity (Wildman–Crippen MR) is 69.7 cm³/mol. The average molecular weight is 288 g/mol. The number of hydrogen-bond donors (Lipinski definition) is 2. The highest BCUT2D eigenvalue weighted by molar-refractivity contribution is 7.89. The van der Waals surface area contributed by atoms with Gasteiger partial charge in [-0.1, -0.05) is 0 Å². The number of nitrogens with one attached hydrogen (secondary N) is 1. The second-order valence-electron chi connectivity index (χ2n) is 5.11. The average Bonchev–Trinajstić information content (AvgIpc) is 2.68. The van der Waals surface area contributed by atoms with Gasteiger partial charge in [-0.25, -0.2) is 17.5 Å². The highest BCUT2D eigenvalue weighted by Gasteiger charge is 2.35. The molecule has 1 aromatic rings. The van der Waals surface area contributed by atoms with Gasteiger partial charge in [0, 0.05) is 6.61 Å². The number of hydrogen-bond acceptors (Lipinski definition) is 4. The van der Waals surface area contributed by atoms with Crippen molar-refractivity contribution in [3.8, 4) is 0 Å². The van der Waals surface area contributed by atoms with Gasteiger partial charge in [0.2, 0.25) is 10.0 Å². The molecule has 1 aliphatic rings. The lowest BCUT2D eigenvalue weighted by Gasteiger charge is -2.24. The zero-order valence-electron chi connectivity index (χ0n) is 10.9. The molecule has 0 spiro atoms. The first kappa shape index (κ1) is 14.2. The summed E-state index contributed by atoms with van der Waals surface area (Å²) in [6.45, 7) is 4.15. The first-order chi connectivity index (χ1) is 8.73. The van der Waals surface area contributed by atoms with Gasteiger partial charge < -0.3 is 10.5 Å². The van der Waals surface area contributed by atoms with Crippen LogP contribution in [0.25, 0.3) is 0 Å². The molecule has 1 unspecified atom stereocenters. The highest BCUT2D eigenvalue weighted by Crippen LogP contribution is 2.25. The Morgan fingerprint density at radius 3 is 2.74 bits per heavy atom. The first-order valence-electron chi connectivity index (χ1n) is 5.91. The third-order valence-corrected chi connectivity index (χ3v) is 4.96. The summed E-state index contributed by atoms with van der Waals surface area (Å²) in [7, 11) is -3.75. The number of anilines is 1. The van der Waals surface area contributed by atoms with E-state index in [4.69, 9.17) is 10.5 Å². The minimum Gasteiger partial charge on any atom is -0.396 e. The fraction of sp³-hybridized carbons (Fsp3) is 0.500. The molecule has 1 aromatic carbocycles. The van der Waals surface area contributed by atoms with Crippen molar-refractivity contribution in [1.82, 2.24) is 4.72 Å². The van der Waals surface area contributed by atoms with Crippen LogP contribution in [0.3, 0.4) is 0 Å². The first-order valence-corrected chi connectivity index (χ1v) is 7.39. The molecule has 5 nitrogen and oxygen atoms in total. The van der Waals surface area contributed by atoms with Crippen LogP contribution < -0.4 is 10.5 Å². The SMILES string of the molecule is Cc1cc(F)c(N)cc1S(=O)(=O)NC1(C)CCOC1. The van der Waals surface area contributed by atoms with Crippen LogP contribution in [-0.2, 0) is 14.8 Å². The van der Waals surface area contributed by atoms with Crippen molar-refractivity contribution in [3.63, 3.8) is 0 Å². The third-order valence-electron chi connectivity index (χ3n) is 3.18. The number of halogens is 1. The predicted octanol–water partition coefficient (Wildman–Crippen LogP) is 1.17. The Morgan fingerprint density at radius 1 is 1.47 bits per heavy atom. The van der Waals surface area contributed by atoms with E-state index < -0.39 is 21.4 Å². The van der Waals surface area contributed by atoms with Gasteiger partial charge >= 0.3 is 0 Å². The lowest BCUT2D eigenvalue weighted by molar-refractivity contribution is 0.178. The second kappa shape index (κ2) is 4.73. The van der Waals surface area contributed by atoms with E-state index in [-0.39, 0.29) is 10.6 Å². The lowest BCUT2D eigenvalue weighted by atomic mass is 10.0. The van der Waals surface area contributed by atoms with Gasteiger partial charge in [-0.2, -0.15) is 0 Å². The van der Waals surface area contributed by atoms with E-state index in [2.05, 4.69) is 4.72 Å². The van der Waals surface area contributed by atoms with Crippen LogP contribution >= 0.6 is 0 Å². The van der Waals surface area contributed by atoms with Gasteiger partial charge in [0.15, 0.2) is 0 Å². The van der Waals surface area contributed by atoms with E-state index in [0.717, 1.165) is 12.1 Å². The molecule has 2 rings (SSSR count). The summed E-state index contributed by atoms with van der Waals surface area (Å²) in [6.07, 6.45) is 0.599. The molecule has 0 aliphatic carbocycles. The fourth-order valence-corrected chi connectivity index (χ4v) is 3.77. The van der Waals surface area contributed by atoms with Crippen molar-refractivity contribution < 1.29 is 17.5 Å². The number of nitrogens with two attached hydrogens (primary N) is 1. The molecule has 0 radical (unpaired) electrons. The van der Waals surface area contributed by atoms with E-state index in [1.165, 1.54) is 6.92 Å². The molecule has 1 atom stereocenters. The summed E-state index contributed by atoms with van der Waals surface area (Å²) in [5.41, 5.74) is 4.94. The van der Waals surface area contributed by atoms with Crippen molar-refractivity contribution in [1.29, 1.82) is 0 Å². The van der Waals surface area contributed by atoms with Crippen LogP contribution in [0.4, 0.5) is 10.1 Å². The number of nitrogen functional groups attached to an aromatic ring is 1. The van der Waals surface area contributed by atoms with Crippen molar-refractivity contribution >= 4 is 15.7 Å². The van der Waals surface area contributed by atoms with Crippen molar-refractivity contribution in [2.24, 2.45) is 0 Å². The van der Waals surface area contributed by atoms with Crippen LogP contribution in [0.2, 0.25) is 0 Å². The number of rotatable bonds is 3. The zero-order valence-corrected chi connectivity index (χ0v) is 11.7. The Hall–Kier alpha value is -1.18. The molecule has 1 heterocycles. The van der Waals surface area contributed by atoms with Gasteiger partial charge in [-0.05, 0) is 38.0 Å². The van der Waals surface area contributed by atoms with E-state index >= 15 is 0 Å². The topological polar surface area (TPSA) is 81.4 Å². The summed E-state index contributed by atoms with van der Waals surface area (Å²) < 4.78 is 45.7. The van der Waals surface area contributed by atoms with Crippen LogP contribution in [-0.4, -0.2) is 27.2 Å². The molecular weight excluding hydrogens is 271 g/mol. The molecule has 0 bridgehead atoms. The van der Waals surface area contributed by atoms with E-state index in [1.54, 1.807) is 6.92 Å². The molecular formula is C12H17FN2O3S. The maximum atomic E-state index is 13.3.